The quantitative estimate of drug-likeness (QED) is 0.374. The number of rotatable bonds is 4. The maximum atomic E-state index is 14.7. The van der Waals surface area contributed by atoms with Crippen LogP contribution in [0.2, 0.25) is 0 Å². The monoisotopic (exact) mass is 778 g/mol. The SMILES string of the molecule is COc1ccc2nc3c(nc2c1)O[C@@H]1C[C@H]2CN[C@]4(C(=O)NS(=O)(=O)C5CC5)C[C@H]4/C=C\CCCCC[C@H](NC(=O)O[C@]4(C)C[C@H]4CCCCC3)C(=O)N2C1. The largest absolute Gasteiger partial charge is 0.497 e. The highest BCUT2D eigenvalue weighted by Gasteiger charge is 2.60. The maximum Gasteiger partial charge on any atom is 0.408 e. The third kappa shape index (κ3) is 8.28. The first-order valence-corrected chi connectivity index (χ1v) is 21.8. The number of alkyl carbamates (subject to hydrolysis) is 1. The highest BCUT2D eigenvalue weighted by Crippen LogP contribution is 2.50. The summed E-state index contributed by atoms with van der Waals surface area (Å²) in [5, 5.41) is 5.87. The third-order valence-corrected chi connectivity index (χ3v) is 14.4. The molecule has 55 heavy (non-hydrogen) atoms. The van der Waals surface area contributed by atoms with Crippen molar-refractivity contribution >= 4 is 39.0 Å². The minimum absolute atomic E-state index is 0.184. The van der Waals surface area contributed by atoms with Gasteiger partial charge >= 0.3 is 6.09 Å². The summed E-state index contributed by atoms with van der Waals surface area (Å²) >= 11 is 0. The van der Waals surface area contributed by atoms with Gasteiger partial charge in [0.05, 0.1) is 29.9 Å². The molecule has 3 bridgehead atoms. The van der Waals surface area contributed by atoms with E-state index >= 15 is 0 Å². The Hall–Kier alpha value is -3.98. The van der Waals surface area contributed by atoms with Crippen molar-refractivity contribution in [1.29, 1.82) is 0 Å². The summed E-state index contributed by atoms with van der Waals surface area (Å²) in [4.78, 5) is 53.6. The zero-order valence-corrected chi connectivity index (χ0v) is 32.7. The Morgan fingerprint density at radius 2 is 1.84 bits per heavy atom. The van der Waals surface area contributed by atoms with Gasteiger partial charge in [0, 0.05) is 36.9 Å². The van der Waals surface area contributed by atoms with E-state index in [-0.39, 0.29) is 30.8 Å². The predicted molar refractivity (Wildman–Crippen MR) is 204 cm³/mol. The van der Waals surface area contributed by atoms with Gasteiger partial charge in [-0.05, 0) is 83.3 Å². The molecule has 8 rings (SSSR count). The Kier molecular flexibility index (Phi) is 10.5. The van der Waals surface area contributed by atoms with Crippen molar-refractivity contribution in [2.45, 2.75) is 138 Å². The molecule has 3 N–H and O–H groups in total. The first-order valence-electron chi connectivity index (χ1n) is 20.3. The zero-order valence-electron chi connectivity index (χ0n) is 31.9. The number of amides is 3. The van der Waals surface area contributed by atoms with Crippen molar-refractivity contribution in [3.05, 3.63) is 36.0 Å². The average Bonchev–Trinajstić information content (AvgIpc) is 4.10. The maximum absolute atomic E-state index is 14.7. The van der Waals surface area contributed by atoms with Crippen LogP contribution in [0.25, 0.3) is 11.0 Å². The summed E-state index contributed by atoms with van der Waals surface area (Å²) in [5.74, 6) is 0.380. The Morgan fingerprint density at radius 3 is 2.65 bits per heavy atom. The molecule has 14 nitrogen and oxygen atoms in total. The van der Waals surface area contributed by atoms with E-state index < -0.39 is 56.6 Å². The molecule has 298 valence electrons. The van der Waals surface area contributed by atoms with Crippen molar-refractivity contribution in [2.24, 2.45) is 11.8 Å². The standard InChI is InChI=1S/C40H54N6O8S/c1-39-21-25(39)11-8-6-10-13-32-35(43-34-20-28(52-2)15-18-31(34)42-32)53-29-19-27-23-41-40(37(48)45-55(50,51)30-16-17-30)22-26(40)12-7-4-3-5-9-14-33(44-38(49)54-39)36(47)46(27)24-29/h7,12,15,18,20,25-27,29-30,33,41H,3-6,8-11,13-14,16-17,19,21-24H2,1-2H3,(H,44,49)(H,45,48)/b12-7-/t25-,26-,27+,29-,33+,39-,40-/m1/s1. The average molecular weight is 779 g/mol. The molecule has 0 unspecified atom stereocenters. The fourth-order valence-electron chi connectivity index (χ4n) is 8.78. The third-order valence-electron chi connectivity index (χ3n) is 12.6. The zero-order chi connectivity index (χ0) is 38.4. The second-order valence-electron chi connectivity index (χ2n) is 16.8. The lowest BCUT2D eigenvalue weighted by molar-refractivity contribution is -0.134. The van der Waals surface area contributed by atoms with Gasteiger partial charge in [-0.1, -0.05) is 37.8 Å². The van der Waals surface area contributed by atoms with Crippen LogP contribution in [0.3, 0.4) is 0 Å². The number of carbonyl (C=O) groups excluding carboxylic acids is 3. The van der Waals surface area contributed by atoms with Gasteiger partial charge in [-0.2, -0.15) is 0 Å². The Balaban J connectivity index is 1.11. The lowest BCUT2D eigenvalue weighted by Gasteiger charge is -2.30. The number of ether oxygens (including phenoxy) is 3. The van der Waals surface area contributed by atoms with Crippen LogP contribution in [0.1, 0.15) is 103 Å². The molecular formula is C40H54N6O8S. The van der Waals surface area contributed by atoms with Gasteiger partial charge in [0.2, 0.25) is 21.8 Å². The molecule has 7 atom stereocenters. The molecule has 0 radical (unpaired) electrons. The Bertz CT molecular complexity index is 1960. The molecule has 1 aromatic heterocycles. The van der Waals surface area contributed by atoms with Crippen LogP contribution in [0.4, 0.5) is 4.79 Å². The minimum Gasteiger partial charge on any atom is -0.497 e. The normalized spacial score (nSPS) is 33.8. The number of aryl methyl sites for hydroxylation is 1. The number of benzene rings is 1. The Labute approximate surface area is 323 Å². The molecule has 3 aliphatic heterocycles. The Morgan fingerprint density at radius 1 is 1.02 bits per heavy atom. The van der Waals surface area contributed by atoms with Crippen molar-refractivity contribution in [3.63, 3.8) is 0 Å². The van der Waals surface area contributed by atoms with Crippen LogP contribution in [0, 0.1) is 11.8 Å². The summed E-state index contributed by atoms with van der Waals surface area (Å²) in [6, 6.07) is 4.35. The van der Waals surface area contributed by atoms with Gasteiger partial charge in [-0.25, -0.2) is 23.2 Å². The topological polar surface area (TPSA) is 178 Å². The van der Waals surface area contributed by atoms with E-state index in [4.69, 9.17) is 24.2 Å². The molecule has 4 heterocycles. The van der Waals surface area contributed by atoms with E-state index in [2.05, 4.69) is 21.4 Å². The minimum atomic E-state index is -3.76. The highest BCUT2D eigenvalue weighted by atomic mass is 32.2. The fraction of sp³-hybridized carbons (Fsp3) is 0.675. The number of methoxy groups -OCH3 is 1. The van der Waals surface area contributed by atoms with E-state index in [9.17, 15) is 22.8 Å². The molecule has 1 aromatic carbocycles. The van der Waals surface area contributed by atoms with Gasteiger partial charge in [0.1, 0.15) is 34.7 Å². The highest BCUT2D eigenvalue weighted by molar-refractivity contribution is 7.91. The van der Waals surface area contributed by atoms with Crippen molar-refractivity contribution in [1.82, 2.24) is 30.2 Å². The number of aromatic nitrogens is 2. The first kappa shape index (κ1) is 37.9. The molecule has 1 saturated heterocycles. The number of hydrogen-bond acceptors (Lipinski definition) is 11. The summed E-state index contributed by atoms with van der Waals surface area (Å²) in [6.07, 6.45) is 14.0. The lowest BCUT2D eigenvalue weighted by Crippen LogP contribution is -2.56. The molecule has 2 aromatic rings. The van der Waals surface area contributed by atoms with Crippen LogP contribution >= 0.6 is 0 Å². The van der Waals surface area contributed by atoms with Crippen LogP contribution in [0.5, 0.6) is 11.6 Å². The number of allylic oxidation sites excluding steroid dienone is 1. The van der Waals surface area contributed by atoms with Gasteiger partial charge in [0.25, 0.3) is 5.91 Å². The number of hydrogen-bond donors (Lipinski definition) is 3. The number of nitrogens with zero attached hydrogens (tertiary/aromatic N) is 3. The van der Waals surface area contributed by atoms with E-state index in [0.29, 0.717) is 55.7 Å². The summed E-state index contributed by atoms with van der Waals surface area (Å²) in [5.41, 5.74) is 0.478. The molecule has 3 amide bonds. The van der Waals surface area contributed by atoms with E-state index in [1.54, 1.807) is 12.0 Å². The number of sulfonamides is 1. The van der Waals surface area contributed by atoms with Crippen molar-refractivity contribution in [2.75, 3.05) is 20.2 Å². The van der Waals surface area contributed by atoms with Crippen LogP contribution in [-0.4, -0.2) is 96.0 Å². The molecule has 3 aliphatic carbocycles. The van der Waals surface area contributed by atoms with E-state index in [1.807, 2.05) is 31.2 Å². The molecular weight excluding hydrogens is 725 g/mol. The van der Waals surface area contributed by atoms with Gasteiger partial charge in [-0.15, -0.1) is 0 Å². The van der Waals surface area contributed by atoms with E-state index in [0.717, 1.165) is 69.0 Å². The first-order chi connectivity index (χ1) is 26.5. The summed E-state index contributed by atoms with van der Waals surface area (Å²) < 4.78 is 46.3. The molecule has 6 aliphatic rings. The van der Waals surface area contributed by atoms with Crippen molar-refractivity contribution < 1.29 is 37.0 Å². The van der Waals surface area contributed by atoms with Crippen molar-refractivity contribution in [3.8, 4) is 11.6 Å². The lowest BCUT2D eigenvalue weighted by atomic mass is 10.1. The van der Waals surface area contributed by atoms with Crippen LogP contribution < -0.4 is 24.8 Å². The number of carbonyl (C=O) groups is 3. The summed E-state index contributed by atoms with van der Waals surface area (Å²) in [7, 11) is -2.15. The second-order valence-corrected chi connectivity index (χ2v) is 18.7. The van der Waals surface area contributed by atoms with Gasteiger partial charge in [-0.3, -0.25) is 14.3 Å². The molecule has 0 spiro atoms. The molecule has 4 fully saturated rings. The van der Waals surface area contributed by atoms with Gasteiger partial charge < -0.3 is 29.7 Å². The molecule has 15 heteroatoms. The van der Waals surface area contributed by atoms with Gasteiger partial charge in [0.15, 0.2) is 0 Å². The van der Waals surface area contributed by atoms with Crippen LogP contribution in [0.15, 0.2) is 30.4 Å². The smallest absolute Gasteiger partial charge is 0.408 e. The van der Waals surface area contributed by atoms with Crippen LogP contribution in [-0.2, 0) is 30.8 Å². The number of nitrogens with one attached hydrogen (secondary N) is 3. The fourth-order valence-corrected chi connectivity index (χ4v) is 10.1. The second kappa shape index (κ2) is 15.2. The van der Waals surface area contributed by atoms with E-state index in [1.165, 1.54) is 0 Å². The molecule has 3 saturated carbocycles. The predicted octanol–water partition coefficient (Wildman–Crippen LogP) is 4.45. The summed E-state index contributed by atoms with van der Waals surface area (Å²) in [6.45, 7) is 2.43. The number of fused-ring (bicyclic) bond motifs is 6.